The standard InChI is InChI=1S/C8H11N3O/c1-9-8(12)6-5-10-11-4-2-3-7(6)11/h5H,2-4H2,1H3,(H,9,12). The zero-order chi connectivity index (χ0) is 8.55. The van der Waals surface area contributed by atoms with Crippen molar-refractivity contribution in [2.24, 2.45) is 0 Å². The predicted molar refractivity (Wildman–Crippen MR) is 43.9 cm³/mol. The molecule has 0 spiro atoms. The molecule has 0 unspecified atom stereocenters. The van der Waals surface area contributed by atoms with Crippen molar-refractivity contribution < 1.29 is 4.79 Å². The van der Waals surface area contributed by atoms with Crippen LogP contribution in [0.2, 0.25) is 0 Å². The number of carbonyl (C=O) groups excluding carboxylic acids is 1. The van der Waals surface area contributed by atoms with Crippen LogP contribution < -0.4 is 5.32 Å². The summed E-state index contributed by atoms with van der Waals surface area (Å²) in [4.78, 5) is 11.3. The second-order valence-corrected chi connectivity index (χ2v) is 2.91. The molecule has 0 aromatic carbocycles. The minimum absolute atomic E-state index is 0.0295. The second kappa shape index (κ2) is 2.62. The Kier molecular flexibility index (Phi) is 1.60. The van der Waals surface area contributed by atoms with Crippen molar-refractivity contribution in [3.63, 3.8) is 0 Å². The van der Waals surface area contributed by atoms with Gasteiger partial charge in [-0.25, -0.2) is 0 Å². The summed E-state index contributed by atoms with van der Waals surface area (Å²) in [7, 11) is 1.64. The lowest BCUT2D eigenvalue weighted by molar-refractivity contribution is 0.0962. The number of rotatable bonds is 1. The van der Waals surface area contributed by atoms with Gasteiger partial charge in [0.2, 0.25) is 0 Å². The van der Waals surface area contributed by atoms with E-state index < -0.39 is 0 Å². The number of nitrogens with one attached hydrogen (secondary N) is 1. The van der Waals surface area contributed by atoms with Gasteiger partial charge in [0.15, 0.2) is 0 Å². The highest BCUT2D eigenvalue weighted by Crippen LogP contribution is 2.17. The van der Waals surface area contributed by atoms with Gasteiger partial charge in [-0.3, -0.25) is 9.48 Å². The minimum Gasteiger partial charge on any atom is -0.355 e. The fourth-order valence-electron chi connectivity index (χ4n) is 1.59. The molecule has 64 valence electrons. The lowest BCUT2D eigenvalue weighted by Gasteiger charge is -1.97. The van der Waals surface area contributed by atoms with Crippen molar-refractivity contribution in [2.75, 3.05) is 7.05 Å². The van der Waals surface area contributed by atoms with E-state index in [1.807, 2.05) is 4.68 Å². The van der Waals surface area contributed by atoms with Crippen molar-refractivity contribution in [2.45, 2.75) is 19.4 Å². The molecular formula is C8H11N3O. The summed E-state index contributed by atoms with van der Waals surface area (Å²) in [6.07, 6.45) is 3.73. The molecule has 4 nitrogen and oxygen atoms in total. The molecule has 0 saturated carbocycles. The molecule has 1 aromatic heterocycles. The van der Waals surface area contributed by atoms with Gasteiger partial charge >= 0.3 is 0 Å². The average molecular weight is 165 g/mol. The number of hydrogen-bond acceptors (Lipinski definition) is 2. The monoisotopic (exact) mass is 165 g/mol. The molecule has 0 saturated heterocycles. The Morgan fingerprint density at radius 2 is 2.58 bits per heavy atom. The van der Waals surface area contributed by atoms with Gasteiger partial charge in [0.05, 0.1) is 17.5 Å². The lowest BCUT2D eigenvalue weighted by Crippen LogP contribution is -2.18. The molecule has 2 heterocycles. The number of aromatic nitrogens is 2. The summed E-state index contributed by atoms with van der Waals surface area (Å²) in [6.45, 7) is 0.951. The molecule has 0 atom stereocenters. The second-order valence-electron chi connectivity index (χ2n) is 2.91. The zero-order valence-corrected chi connectivity index (χ0v) is 7.00. The molecule has 0 aliphatic carbocycles. The van der Waals surface area contributed by atoms with Crippen LogP contribution >= 0.6 is 0 Å². The van der Waals surface area contributed by atoms with Crippen LogP contribution in [0.15, 0.2) is 6.20 Å². The zero-order valence-electron chi connectivity index (χ0n) is 7.00. The Morgan fingerprint density at radius 3 is 3.33 bits per heavy atom. The van der Waals surface area contributed by atoms with E-state index in [1.165, 1.54) is 0 Å². The van der Waals surface area contributed by atoms with Crippen molar-refractivity contribution in [3.05, 3.63) is 17.5 Å². The Labute approximate surface area is 70.6 Å². The van der Waals surface area contributed by atoms with Gasteiger partial charge in [-0.15, -0.1) is 0 Å². The van der Waals surface area contributed by atoms with E-state index in [2.05, 4.69) is 10.4 Å². The smallest absolute Gasteiger partial charge is 0.254 e. The SMILES string of the molecule is CNC(=O)c1cnn2c1CCC2. The molecule has 1 aliphatic heterocycles. The van der Waals surface area contributed by atoms with Crippen LogP contribution in [0.1, 0.15) is 22.5 Å². The van der Waals surface area contributed by atoms with Gasteiger partial charge in [-0.1, -0.05) is 0 Å². The van der Waals surface area contributed by atoms with Crippen molar-refractivity contribution >= 4 is 5.91 Å². The first-order chi connectivity index (χ1) is 5.83. The Morgan fingerprint density at radius 1 is 1.75 bits per heavy atom. The predicted octanol–water partition coefficient (Wildman–Crippen LogP) is 0.189. The van der Waals surface area contributed by atoms with E-state index in [4.69, 9.17) is 0 Å². The Bertz CT molecular complexity index is 316. The molecule has 1 aromatic rings. The number of nitrogens with zero attached hydrogens (tertiary/aromatic N) is 2. The van der Waals surface area contributed by atoms with Crippen LogP contribution in [-0.4, -0.2) is 22.7 Å². The third-order valence-corrected chi connectivity index (χ3v) is 2.20. The number of fused-ring (bicyclic) bond motifs is 1. The Balaban J connectivity index is 2.39. The maximum atomic E-state index is 11.3. The quantitative estimate of drug-likeness (QED) is 0.645. The molecular weight excluding hydrogens is 154 g/mol. The first-order valence-electron chi connectivity index (χ1n) is 4.09. The van der Waals surface area contributed by atoms with Crippen molar-refractivity contribution in [3.8, 4) is 0 Å². The number of aryl methyl sites for hydroxylation is 1. The van der Waals surface area contributed by atoms with Gasteiger partial charge < -0.3 is 5.32 Å². The molecule has 0 bridgehead atoms. The fraction of sp³-hybridized carbons (Fsp3) is 0.500. The summed E-state index contributed by atoms with van der Waals surface area (Å²) in [5.74, 6) is -0.0295. The van der Waals surface area contributed by atoms with Crippen molar-refractivity contribution in [1.29, 1.82) is 0 Å². The van der Waals surface area contributed by atoms with Gasteiger partial charge in [0.1, 0.15) is 0 Å². The summed E-state index contributed by atoms with van der Waals surface area (Å²) in [6, 6.07) is 0. The van der Waals surface area contributed by atoms with E-state index in [0.717, 1.165) is 30.6 Å². The van der Waals surface area contributed by atoms with Crippen LogP contribution in [0.25, 0.3) is 0 Å². The van der Waals surface area contributed by atoms with Gasteiger partial charge in [0.25, 0.3) is 5.91 Å². The average Bonchev–Trinajstić information content (AvgIpc) is 2.62. The number of amides is 1. The lowest BCUT2D eigenvalue weighted by atomic mass is 10.2. The van der Waals surface area contributed by atoms with Crippen LogP contribution in [0.5, 0.6) is 0 Å². The third kappa shape index (κ3) is 0.913. The first kappa shape index (κ1) is 7.34. The van der Waals surface area contributed by atoms with Gasteiger partial charge in [-0.05, 0) is 12.8 Å². The molecule has 1 amide bonds. The van der Waals surface area contributed by atoms with Crippen LogP contribution in [-0.2, 0) is 13.0 Å². The molecule has 4 heteroatoms. The van der Waals surface area contributed by atoms with Gasteiger partial charge in [0, 0.05) is 13.6 Å². The summed E-state index contributed by atoms with van der Waals surface area (Å²) < 4.78 is 1.91. The molecule has 0 radical (unpaired) electrons. The molecule has 2 rings (SSSR count). The van der Waals surface area contributed by atoms with E-state index in [9.17, 15) is 4.79 Å². The molecule has 0 fully saturated rings. The highest BCUT2D eigenvalue weighted by atomic mass is 16.1. The van der Waals surface area contributed by atoms with E-state index in [0.29, 0.717) is 0 Å². The number of carbonyl (C=O) groups is 1. The fourth-order valence-corrected chi connectivity index (χ4v) is 1.59. The number of hydrogen-bond donors (Lipinski definition) is 1. The largest absolute Gasteiger partial charge is 0.355 e. The maximum absolute atomic E-state index is 11.3. The normalized spacial score (nSPS) is 14.4. The molecule has 1 aliphatic rings. The van der Waals surface area contributed by atoms with E-state index in [-0.39, 0.29) is 5.91 Å². The van der Waals surface area contributed by atoms with Crippen LogP contribution in [0, 0.1) is 0 Å². The van der Waals surface area contributed by atoms with E-state index in [1.54, 1.807) is 13.2 Å². The Hall–Kier alpha value is -1.32. The van der Waals surface area contributed by atoms with Gasteiger partial charge in [-0.2, -0.15) is 5.10 Å². The van der Waals surface area contributed by atoms with Crippen molar-refractivity contribution in [1.82, 2.24) is 15.1 Å². The summed E-state index contributed by atoms with van der Waals surface area (Å²) in [5, 5.41) is 6.73. The maximum Gasteiger partial charge on any atom is 0.254 e. The molecule has 12 heavy (non-hydrogen) atoms. The summed E-state index contributed by atoms with van der Waals surface area (Å²) in [5.41, 5.74) is 1.81. The highest BCUT2D eigenvalue weighted by Gasteiger charge is 2.19. The van der Waals surface area contributed by atoms with E-state index >= 15 is 0 Å². The summed E-state index contributed by atoms with van der Waals surface area (Å²) >= 11 is 0. The first-order valence-corrected chi connectivity index (χ1v) is 4.09. The molecule has 1 N–H and O–H groups in total. The van der Waals surface area contributed by atoms with Crippen LogP contribution in [0.4, 0.5) is 0 Å². The van der Waals surface area contributed by atoms with Crippen LogP contribution in [0.3, 0.4) is 0 Å². The third-order valence-electron chi connectivity index (χ3n) is 2.20. The topological polar surface area (TPSA) is 46.9 Å². The highest BCUT2D eigenvalue weighted by molar-refractivity contribution is 5.94. The minimum atomic E-state index is -0.0295.